The van der Waals surface area contributed by atoms with Crippen LogP contribution in [0.1, 0.15) is 33.1 Å². The molecule has 0 aromatic rings. The first kappa shape index (κ1) is 17.6. The van der Waals surface area contributed by atoms with Gasteiger partial charge in [-0.25, -0.2) is 0 Å². The van der Waals surface area contributed by atoms with Crippen LogP contribution in [0.5, 0.6) is 0 Å². The molecular formula is C18H27NO5S. The number of nitrogens with two attached hydrogens (primary N) is 1. The van der Waals surface area contributed by atoms with Gasteiger partial charge in [0.1, 0.15) is 5.92 Å². The largest absolute Gasteiger partial charge is 0.392 e. The molecule has 2 aliphatic carbocycles. The molecule has 7 heteroatoms. The van der Waals surface area contributed by atoms with E-state index in [0.717, 1.165) is 19.3 Å². The van der Waals surface area contributed by atoms with Gasteiger partial charge in [0.05, 0.1) is 17.5 Å². The number of fused-ring (bicyclic) bond motifs is 4. The fraction of sp³-hybridized carbons (Fsp3) is 0.833. The second-order valence-corrected chi connectivity index (χ2v) is 10.2. The van der Waals surface area contributed by atoms with Crippen LogP contribution >= 0.6 is 0 Å². The van der Waals surface area contributed by atoms with E-state index in [4.69, 9.17) is 15.2 Å². The van der Waals surface area contributed by atoms with Gasteiger partial charge in [-0.2, -0.15) is 0 Å². The lowest BCUT2D eigenvalue weighted by Gasteiger charge is -2.41. The van der Waals surface area contributed by atoms with Crippen LogP contribution in [0.15, 0.2) is 12.2 Å². The summed E-state index contributed by atoms with van der Waals surface area (Å²) in [7, 11) is 0.110. The molecule has 1 saturated heterocycles. The van der Waals surface area contributed by atoms with E-state index in [1.54, 1.807) is 6.08 Å². The Hall–Kier alpha value is -0.760. The Bertz CT molecular complexity index is 664. The third kappa shape index (κ3) is 2.07. The van der Waals surface area contributed by atoms with E-state index in [2.05, 4.69) is 13.8 Å². The lowest BCUT2D eigenvalue weighted by atomic mass is 9.70. The van der Waals surface area contributed by atoms with Crippen molar-refractivity contribution in [2.45, 2.75) is 56.4 Å². The molecule has 0 radical (unpaired) electrons. The number of hydrogen-bond donors (Lipinski definition) is 2. The van der Waals surface area contributed by atoms with Crippen molar-refractivity contribution in [3.8, 4) is 0 Å². The minimum Gasteiger partial charge on any atom is -0.392 e. The fourth-order valence-electron chi connectivity index (χ4n) is 5.93. The molecule has 3 N–H and O–H groups in total. The summed E-state index contributed by atoms with van der Waals surface area (Å²) in [6.07, 6.45) is 5.36. The van der Waals surface area contributed by atoms with Crippen LogP contribution in [0, 0.1) is 22.7 Å². The standard InChI is InChI=1S/C18H27NO5S/c1-16(2)10-4-6-17(16,12(20)8-10)9-25(22)14-11-5-7-18(23-3,24-11)13(14)15(19)21/h5,7,10-14,20H,4,6,8-9H2,1-3H3,(H2,19,21)/t10-,11-,12-,13-,14-,17-,18+,25?/m1/s1. The van der Waals surface area contributed by atoms with E-state index in [1.807, 2.05) is 6.08 Å². The number of amides is 1. The summed E-state index contributed by atoms with van der Waals surface area (Å²) in [4.78, 5) is 12.1. The zero-order valence-corrected chi connectivity index (χ0v) is 15.8. The number of carbonyl (C=O) groups excluding carboxylic acids is 1. The Morgan fingerprint density at radius 2 is 2.20 bits per heavy atom. The summed E-state index contributed by atoms with van der Waals surface area (Å²) < 4.78 is 24.7. The fourth-order valence-corrected chi connectivity index (χ4v) is 8.41. The number of methoxy groups -OCH3 is 1. The van der Waals surface area contributed by atoms with E-state index >= 15 is 0 Å². The monoisotopic (exact) mass is 369 g/mol. The molecule has 4 aliphatic rings. The van der Waals surface area contributed by atoms with Gasteiger partial charge < -0.3 is 20.3 Å². The average molecular weight is 369 g/mol. The van der Waals surface area contributed by atoms with Crippen LogP contribution in [0.2, 0.25) is 0 Å². The molecule has 1 amide bonds. The Balaban J connectivity index is 1.64. The lowest BCUT2D eigenvalue weighted by Crippen LogP contribution is -2.51. The molecule has 3 fully saturated rings. The molecular weight excluding hydrogens is 342 g/mol. The molecule has 1 unspecified atom stereocenters. The number of aliphatic hydroxyl groups is 1. The zero-order chi connectivity index (χ0) is 18.2. The Labute approximate surface area is 150 Å². The Kier molecular flexibility index (Phi) is 3.79. The van der Waals surface area contributed by atoms with Gasteiger partial charge in [-0.3, -0.25) is 9.00 Å². The highest BCUT2D eigenvalue weighted by Crippen LogP contribution is 2.66. The first-order chi connectivity index (χ1) is 11.7. The third-order valence-electron chi connectivity index (χ3n) is 7.64. The van der Waals surface area contributed by atoms with Crippen molar-refractivity contribution < 1.29 is 23.6 Å². The summed E-state index contributed by atoms with van der Waals surface area (Å²) in [5.74, 6) is -1.69. The van der Waals surface area contributed by atoms with E-state index in [0.29, 0.717) is 11.7 Å². The number of primary amides is 1. The van der Waals surface area contributed by atoms with Crippen molar-refractivity contribution in [2.75, 3.05) is 12.9 Å². The first-order valence-corrected chi connectivity index (χ1v) is 10.3. The van der Waals surface area contributed by atoms with Gasteiger partial charge >= 0.3 is 0 Å². The van der Waals surface area contributed by atoms with Crippen molar-refractivity contribution >= 4 is 16.7 Å². The van der Waals surface area contributed by atoms with Crippen LogP contribution in [-0.4, -0.2) is 51.3 Å². The minimum atomic E-state index is -1.36. The molecule has 140 valence electrons. The molecule has 4 rings (SSSR count). The maximum Gasteiger partial charge on any atom is 0.227 e. The van der Waals surface area contributed by atoms with E-state index in [-0.39, 0.29) is 10.8 Å². The van der Waals surface area contributed by atoms with E-state index in [1.165, 1.54) is 7.11 Å². The molecule has 8 atom stereocenters. The van der Waals surface area contributed by atoms with Crippen molar-refractivity contribution in [1.82, 2.24) is 0 Å². The minimum absolute atomic E-state index is 0.0580. The summed E-state index contributed by atoms with van der Waals surface area (Å²) in [5.41, 5.74) is 5.20. The van der Waals surface area contributed by atoms with Gasteiger partial charge in [0.15, 0.2) is 0 Å². The van der Waals surface area contributed by atoms with Gasteiger partial charge in [-0.1, -0.05) is 19.9 Å². The molecule has 0 aromatic carbocycles. The number of ether oxygens (including phenoxy) is 2. The Morgan fingerprint density at radius 1 is 1.48 bits per heavy atom. The van der Waals surface area contributed by atoms with Gasteiger partial charge in [-0.05, 0) is 36.7 Å². The molecule has 6 nitrogen and oxygen atoms in total. The van der Waals surface area contributed by atoms with Crippen LogP contribution in [0.3, 0.4) is 0 Å². The topological polar surface area (TPSA) is 98.8 Å². The maximum atomic E-state index is 13.4. The van der Waals surface area contributed by atoms with Crippen molar-refractivity contribution in [3.05, 3.63) is 12.2 Å². The number of hydrogen-bond acceptors (Lipinski definition) is 5. The van der Waals surface area contributed by atoms with Crippen molar-refractivity contribution in [3.63, 3.8) is 0 Å². The highest BCUT2D eigenvalue weighted by molar-refractivity contribution is 7.85. The predicted molar refractivity (Wildman–Crippen MR) is 92.8 cm³/mol. The van der Waals surface area contributed by atoms with Crippen LogP contribution in [0.25, 0.3) is 0 Å². The molecule has 0 spiro atoms. The summed E-state index contributed by atoms with van der Waals surface area (Å²) in [6, 6.07) is 0. The molecule has 2 aliphatic heterocycles. The predicted octanol–water partition coefficient (Wildman–Crippen LogP) is 0.704. The second-order valence-electron chi connectivity index (χ2n) is 8.60. The van der Waals surface area contributed by atoms with Gasteiger partial charge in [0.25, 0.3) is 0 Å². The summed E-state index contributed by atoms with van der Waals surface area (Å²) >= 11 is 0. The van der Waals surface area contributed by atoms with Gasteiger partial charge in [0, 0.05) is 29.1 Å². The van der Waals surface area contributed by atoms with E-state index < -0.39 is 45.9 Å². The van der Waals surface area contributed by atoms with Crippen molar-refractivity contribution in [2.24, 2.45) is 28.4 Å². The number of aliphatic hydroxyl groups excluding tert-OH is 1. The zero-order valence-electron chi connectivity index (χ0n) is 14.9. The first-order valence-electron chi connectivity index (χ1n) is 8.95. The molecule has 2 heterocycles. The summed E-state index contributed by atoms with van der Waals surface area (Å²) in [6.45, 7) is 4.36. The van der Waals surface area contributed by atoms with Crippen molar-refractivity contribution in [1.29, 1.82) is 0 Å². The second kappa shape index (κ2) is 5.38. The van der Waals surface area contributed by atoms with Crippen LogP contribution in [0.4, 0.5) is 0 Å². The molecule has 25 heavy (non-hydrogen) atoms. The van der Waals surface area contributed by atoms with Gasteiger partial charge in [0.2, 0.25) is 11.7 Å². The molecule has 2 saturated carbocycles. The number of carbonyl (C=O) groups is 1. The third-order valence-corrected chi connectivity index (χ3v) is 9.59. The average Bonchev–Trinajstić information content (AvgIpc) is 3.23. The maximum absolute atomic E-state index is 13.4. The molecule has 4 bridgehead atoms. The highest BCUT2D eigenvalue weighted by atomic mass is 32.2. The van der Waals surface area contributed by atoms with Crippen LogP contribution < -0.4 is 5.73 Å². The number of rotatable bonds is 5. The van der Waals surface area contributed by atoms with E-state index in [9.17, 15) is 14.1 Å². The quantitative estimate of drug-likeness (QED) is 0.695. The smallest absolute Gasteiger partial charge is 0.227 e. The lowest BCUT2D eigenvalue weighted by molar-refractivity contribution is -0.181. The van der Waals surface area contributed by atoms with Crippen LogP contribution in [-0.2, 0) is 25.1 Å². The summed E-state index contributed by atoms with van der Waals surface area (Å²) in [5, 5.41) is 10.2. The SMILES string of the molecule is CO[C@@]12C=C[C@@H](O1)[C@@H](S(=O)C[C@]13CC[C@H](C[C@H]1O)C3(C)C)[C@@H]2C(N)=O. The highest BCUT2D eigenvalue weighted by Gasteiger charge is 2.67. The van der Waals surface area contributed by atoms with Gasteiger partial charge in [-0.15, -0.1) is 0 Å². The Morgan fingerprint density at radius 3 is 2.72 bits per heavy atom. The normalized spacial score (nSPS) is 50.5. The molecule has 0 aromatic heterocycles.